The van der Waals surface area contributed by atoms with Crippen molar-refractivity contribution in [2.24, 2.45) is 0 Å². The Morgan fingerprint density at radius 2 is 1.75 bits per heavy atom. The number of carbonyl (C=O) groups is 2. The standard InChI is InChI=1S/C19H16BrNO3/c1-12-18(19(23)24-2)15-5-3-4-6-16(15)21(12)17(22)11-13-7-9-14(20)10-8-13/h3-10H,11H2,1-2H3. The van der Waals surface area contributed by atoms with Crippen molar-refractivity contribution in [3.63, 3.8) is 0 Å². The molecule has 0 bridgehead atoms. The van der Waals surface area contributed by atoms with Gasteiger partial charge in [-0.15, -0.1) is 0 Å². The number of methoxy groups -OCH3 is 1. The number of hydrogen-bond donors (Lipinski definition) is 0. The van der Waals surface area contributed by atoms with Crippen LogP contribution in [0.3, 0.4) is 0 Å². The monoisotopic (exact) mass is 385 g/mol. The molecule has 0 saturated carbocycles. The summed E-state index contributed by atoms with van der Waals surface area (Å²) in [5.74, 6) is -0.514. The fourth-order valence-corrected chi connectivity index (χ4v) is 3.17. The number of rotatable bonds is 3. The maximum atomic E-state index is 12.9. The van der Waals surface area contributed by atoms with E-state index in [0.717, 1.165) is 20.9 Å². The molecule has 4 nitrogen and oxygen atoms in total. The number of hydrogen-bond acceptors (Lipinski definition) is 3. The number of halogens is 1. The number of ether oxygens (including phenoxy) is 1. The zero-order chi connectivity index (χ0) is 17.3. The Hall–Kier alpha value is -2.40. The second kappa shape index (κ2) is 6.61. The topological polar surface area (TPSA) is 48.3 Å². The van der Waals surface area contributed by atoms with E-state index in [1.807, 2.05) is 48.5 Å². The minimum Gasteiger partial charge on any atom is -0.465 e. The number of fused-ring (bicyclic) bond motifs is 1. The van der Waals surface area contributed by atoms with Crippen LogP contribution in [0.5, 0.6) is 0 Å². The Balaban J connectivity index is 2.08. The summed E-state index contributed by atoms with van der Waals surface area (Å²) in [7, 11) is 1.34. The number of aromatic nitrogens is 1. The highest BCUT2D eigenvalue weighted by molar-refractivity contribution is 9.10. The van der Waals surface area contributed by atoms with Crippen molar-refractivity contribution in [2.75, 3.05) is 7.11 Å². The first kappa shape index (κ1) is 16.5. The van der Waals surface area contributed by atoms with Crippen LogP contribution in [0.2, 0.25) is 0 Å². The van der Waals surface area contributed by atoms with Crippen LogP contribution in [-0.2, 0) is 11.2 Å². The van der Waals surface area contributed by atoms with Crippen LogP contribution < -0.4 is 0 Å². The molecule has 0 aliphatic rings. The summed E-state index contributed by atoms with van der Waals surface area (Å²) >= 11 is 3.39. The molecule has 3 aromatic rings. The van der Waals surface area contributed by atoms with Gasteiger partial charge in [-0.1, -0.05) is 46.3 Å². The number of benzene rings is 2. The molecule has 24 heavy (non-hydrogen) atoms. The van der Waals surface area contributed by atoms with E-state index in [4.69, 9.17) is 4.74 Å². The third-order valence-electron chi connectivity index (χ3n) is 4.02. The highest BCUT2D eigenvalue weighted by atomic mass is 79.9. The Morgan fingerprint density at radius 1 is 1.08 bits per heavy atom. The minimum atomic E-state index is -0.432. The number of carbonyl (C=O) groups excluding carboxylic acids is 2. The van der Waals surface area contributed by atoms with Crippen LogP contribution in [-0.4, -0.2) is 23.6 Å². The Kier molecular flexibility index (Phi) is 4.53. The smallest absolute Gasteiger partial charge is 0.340 e. The highest BCUT2D eigenvalue weighted by Gasteiger charge is 2.23. The molecule has 1 heterocycles. The molecule has 0 atom stereocenters. The van der Waals surface area contributed by atoms with Gasteiger partial charge in [-0.2, -0.15) is 0 Å². The molecule has 122 valence electrons. The molecule has 5 heteroatoms. The number of para-hydroxylation sites is 1. The minimum absolute atomic E-state index is 0.0822. The van der Waals surface area contributed by atoms with E-state index < -0.39 is 5.97 Å². The summed E-state index contributed by atoms with van der Waals surface area (Å²) < 4.78 is 7.45. The molecule has 0 aliphatic heterocycles. The van der Waals surface area contributed by atoms with Gasteiger partial charge < -0.3 is 4.74 Å². The first-order chi connectivity index (χ1) is 11.5. The van der Waals surface area contributed by atoms with Gasteiger partial charge in [-0.05, 0) is 30.7 Å². The van der Waals surface area contributed by atoms with Crippen LogP contribution in [0, 0.1) is 6.92 Å². The van der Waals surface area contributed by atoms with Crippen LogP contribution in [0.1, 0.15) is 26.4 Å². The van der Waals surface area contributed by atoms with Gasteiger partial charge >= 0.3 is 5.97 Å². The maximum Gasteiger partial charge on any atom is 0.340 e. The predicted molar refractivity (Wildman–Crippen MR) is 96.5 cm³/mol. The normalized spacial score (nSPS) is 10.8. The predicted octanol–water partition coefficient (Wildman–Crippen LogP) is 4.38. The van der Waals surface area contributed by atoms with Gasteiger partial charge in [-0.25, -0.2) is 4.79 Å². The Labute approximate surface area is 148 Å². The third kappa shape index (κ3) is 2.87. The van der Waals surface area contributed by atoms with Gasteiger partial charge in [0.2, 0.25) is 5.91 Å². The molecule has 0 N–H and O–H groups in total. The van der Waals surface area contributed by atoms with E-state index in [0.29, 0.717) is 11.3 Å². The summed E-state index contributed by atoms with van der Waals surface area (Å²) in [4.78, 5) is 25.0. The summed E-state index contributed by atoms with van der Waals surface area (Å²) in [5.41, 5.74) is 2.68. The zero-order valence-electron chi connectivity index (χ0n) is 13.4. The van der Waals surface area contributed by atoms with Crippen molar-refractivity contribution < 1.29 is 14.3 Å². The molecule has 0 fully saturated rings. The van der Waals surface area contributed by atoms with E-state index >= 15 is 0 Å². The lowest BCUT2D eigenvalue weighted by Crippen LogP contribution is -2.16. The number of nitrogens with zero attached hydrogens (tertiary/aromatic N) is 1. The number of esters is 1. The van der Waals surface area contributed by atoms with E-state index in [1.165, 1.54) is 7.11 Å². The van der Waals surface area contributed by atoms with Crippen molar-refractivity contribution in [3.05, 3.63) is 69.8 Å². The maximum absolute atomic E-state index is 12.9. The van der Waals surface area contributed by atoms with Gasteiger partial charge in [0.15, 0.2) is 0 Å². The van der Waals surface area contributed by atoms with Gasteiger partial charge in [0, 0.05) is 15.6 Å². The molecular formula is C19H16BrNO3. The molecule has 3 rings (SSSR count). The zero-order valence-corrected chi connectivity index (χ0v) is 15.0. The Bertz CT molecular complexity index is 926. The van der Waals surface area contributed by atoms with E-state index in [2.05, 4.69) is 15.9 Å². The molecule has 0 spiro atoms. The third-order valence-corrected chi connectivity index (χ3v) is 4.55. The first-order valence-corrected chi connectivity index (χ1v) is 8.28. The van der Waals surface area contributed by atoms with Gasteiger partial charge in [0.05, 0.1) is 24.6 Å². The van der Waals surface area contributed by atoms with Crippen LogP contribution in [0.4, 0.5) is 0 Å². The molecule has 0 saturated heterocycles. The lowest BCUT2D eigenvalue weighted by molar-refractivity contribution is 0.0602. The molecule has 1 aromatic heterocycles. The summed E-state index contributed by atoms with van der Waals surface area (Å²) in [6.45, 7) is 1.77. The summed E-state index contributed by atoms with van der Waals surface area (Å²) in [6.07, 6.45) is 0.257. The summed E-state index contributed by atoms with van der Waals surface area (Å²) in [6, 6.07) is 15.0. The lowest BCUT2D eigenvalue weighted by Gasteiger charge is -2.07. The average Bonchev–Trinajstić information content (AvgIpc) is 2.88. The molecule has 0 radical (unpaired) electrons. The second-order valence-electron chi connectivity index (χ2n) is 5.50. The molecule has 2 aromatic carbocycles. The van der Waals surface area contributed by atoms with Crippen molar-refractivity contribution in [1.82, 2.24) is 4.57 Å². The fraction of sp³-hybridized carbons (Fsp3) is 0.158. The first-order valence-electron chi connectivity index (χ1n) is 7.49. The van der Waals surface area contributed by atoms with Crippen molar-refractivity contribution in [3.8, 4) is 0 Å². The second-order valence-corrected chi connectivity index (χ2v) is 6.42. The van der Waals surface area contributed by atoms with Crippen molar-refractivity contribution >= 4 is 38.7 Å². The van der Waals surface area contributed by atoms with Gasteiger partial charge in [0.1, 0.15) is 0 Å². The van der Waals surface area contributed by atoms with Crippen LogP contribution >= 0.6 is 15.9 Å². The fourth-order valence-electron chi connectivity index (χ4n) is 2.90. The average molecular weight is 386 g/mol. The van der Waals surface area contributed by atoms with Crippen LogP contribution in [0.25, 0.3) is 10.9 Å². The molecule has 0 unspecified atom stereocenters. The summed E-state index contributed by atoms with van der Waals surface area (Å²) in [5, 5.41) is 0.728. The quantitative estimate of drug-likeness (QED) is 0.628. The largest absolute Gasteiger partial charge is 0.465 e. The highest BCUT2D eigenvalue weighted by Crippen LogP contribution is 2.27. The molecule has 0 amide bonds. The van der Waals surface area contributed by atoms with Gasteiger partial charge in [0.25, 0.3) is 0 Å². The lowest BCUT2D eigenvalue weighted by atomic mass is 10.1. The van der Waals surface area contributed by atoms with Crippen LogP contribution in [0.15, 0.2) is 53.0 Å². The van der Waals surface area contributed by atoms with E-state index in [1.54, 1.807) is 11.5 Å². The van der Waals surface area contributed by atoms with E-state index in [9.17, 15) is 9.59 Å². The van der Waals surface area contributed by atoms with Gasteiger partial charge in [-0.3, -0.25) is 9.36 Å². The molecular weight excluding hydrogens is 370 g/mol. The van der Waals surface area contributed by atoms with E-state index in [-0.39, 0.29) is 12.3 Å². The molecule has 0 aliphatic carbocycles. The SMILES string of the molecule is COC(=O)c1c(C)n(C(=O)Cc2ccc(Br)cc2)c2ccccc12. The van der Waals surface area contributed by atoms with Crippen molar-refractivity contribution in [2.45, 2.75) is 13.3 Å². The van der Waals surface area contributed by atoms with Crippen molar-refractivity contribution in [1.29, 1.82) is 0 Å². The Morgan fingerprint density at radius 3 is 2.42 bits per heavy atom.